The lowest BCUT2D eigenvalue weighted by Crippen LogP contribution is -2.35. The van der Waals surface area contributed by atoms with Gasteiger partial charge < -0.3 is 9.80 Å². The van der Waals surface area contributed by atoms with Crippen molar-refractivity contribution in [2.24, 2.45) is 0 Å². The Balaban J connectivity index is 2.03. The number of anilines is 1. The highest BCUT2D eigenvalue weighted by Gasteiger charge is 2.30. The van der Waals surface area contributed by atoms with Gasteiger partial charge in [-0.1, -0.05) is 18.7 Å². The van der Waals surface area contributed by atoms with Gasteiger partial charge in [0.1, 0.15) is 0 Å². The van der Waals surface area contributed by atoms with Crippen LogP contribution in [0.3, 0.4) is 0 Å². The summed E-state index contributed by atoms with van der Waals surface area (Å²) in [6.45, 7) is 4.63. The molecule has 142 valence electrons. The second-order valence-corrected chi connectivity index (χ2v) is 6.82. The average molecular weight is 374 g/mol. The summed E-state index contributed by atoms with van der Waals surface area (Å²) in [4.78, 5) is 15.7. The lowest BCUT2D eigenvalue weighted by Gasteiger charge is -2.31. The van der Waals surface area contributed by atoms with Gasteiger partial charge in [-0.3, -0.25) is 4.79 Å². The molecule has 0 N–H and O–H groups in total. The van der Waals surface area contributed by atoms with Crippen molar-refractivity contribution >= 4 is 11.6 Å². The van der Waals surface area contributed by atoms with Gasteiger partial charge in [0.25, 0.3) is 0 Å². The molecule has 0 bridgehead atoms. The zero-order chi connectivity index (χ0) is 19.8. The van der Waals surface area contributed by atoms with Crippen LogP contribution in [0.25, 0.3) is 11.1 Å². The first-order valence-corrected chi connectivity index (χ1v) is 8.63. The summed E-state index contributed by atoms with van der Waals surface area (Å²) in [6.07, 6.45) is -2.32. The van der Waals surface area contributed by atoms with E-state index in [0.717, 1.165) is 35.4 Å². The highest BCUT2D eigenvalue weighted by molar-refractivity contribution is 5.87. The van der Waals surface area contributed by atoms with Crippen molar-refractivity contribution in [2.75, 3.05) is 25.5 Å². The summed E-state index contributed by atoms with van der Waals surface area (Å²) in [5.74, 6) is -0.119. The van der Waals surface area contributed by atoms with Crippen LogP contribution in [0.2, 0.25) is 0 Å². The molecule has 0 radical (unpaired) electrons. The van der Waals surface area contributed by atoms with E-state index in [1.165, 1.54) is 23.8 Å². The minimum Gasteiger partial charge on any atom is -0.377 e. The van der Waals surface area contributed by atoms with E-state index in [4.69, 9.17) is 0 Å². The van der Waals surface area contributed by atoms with Crippen LogP contribution >= 0.6 is 0 Å². The molecule has 1 heterocycles. The number of hydrogen-bond acceptors (Lipinski definition) is 2. The predicted octanol–water partition coefficient (Wildman–Crippen LogP) is 4.51. The Morgan fingerprint density at radius 2 is 1.81 bits per heavy atom. The van der Waals surface area contributed by atoms with Crippen molar-refractivity contribution in [3.8, 4) is 11.1 Å². The van der Waals surface area contributed by atoms with E-state index in [0.29, 0.717) is 18.7 Å². The van der Waals surface area contributed by atoms with Crippen LogP contribution in [0.1, 0.15) is 16.7 Å². The number of fused-ring (bicyclic) bond motifs is 1. The Morgan fingerprint density at radius 1 is 1.15 bits per heavy atom. The molecule has 3 rings (SSSR count). The third kappa shape index (κ3) is 3.84. The van der Waals surface area contributed by atoms with E-state index in [1.807, 2.05) is 31.1 Å². The first kappa shape index (κ1) is 19.0. The van der Waals surface area contributed by atoms with E-state index in [-0.39, 0.29) is 5.91 Å². The largest absolute Gasteiger partial charge is 0.416 e. The van der Waals surface area contributed by atoms with Crippen molar-refractivity contribution in [1.29, 1.82) is 0 Å². The first-order valence-electron chi connectivity index (χ1n) is 8.63. The van der Waals surface area contributed by atoms with Gasteiger partial charge in [0.2, 0.25) is 5.91 Å². The van der Waals surface area contributed by atoms with Gasteiger partial charge in [-0.05, 0) is 59.0 Å². The van der Waals surface area contributed by atoms with Crippen molar-refractivity contribution in [2.45, 2.75) is 19.1 Å². The van der Waals surface area contributed by atoms with Crippen LogP contribution in [0.15, 0.2) is 49.1 Å². The van der Waals surface area contributed by atoms with Crippen LogP contribution in [0.5, 0.6) is 0 Å². The van der Waals surface area contributed by atoms with Gasteiger partial charge in [0.15, 0.2) is 0 Å². The molecule has 2 aromatic carbocycles. The molecule has 0 saturated carbocycles. The Kier molecular flexibility index (Phi) is 5.00. The Hall–Kier alpha value is -2.76. The number of nitrogens with zero attached hydrogens (tertiary/aromatic N) is 2. The zero-order valence-electron chi connectivity index (χ0n) is 15.3. The van der Waals surface area contributed by atoms with Crippen molar-refractivity contribution in [3.63, 3.8) is 0 Å². The highest BCUT2D eigenvalue weighted by atomic mass is 19.4. The molecule has 0 atom stereocenters. The van der Waals surface area contributed by atoms with Gasteiger partial charge in [-0.15, -0.1) is 0 Å². The molecule has 0 saturated heterocycles. The van der Waals surface area contributed by atoms with Crippen LogP contribution in [-0.2, 0) is 23.9 Å². The van der Waals surface area contributed by atoms with Crippen molar-refractivity contribution in [1.82, 2.24) is 4.90 Å². The number of halogens is 3. The molecule has 0 spiro atoms. The molecular weight excluding hydrogens is 353 g/mol. The Labute approximate surface area is 156 Å². The van der Waals surface area contributed by atoms with Gasteiger partial charge in [-0.2, -0.15) is 13.2 Å². The molecular formula is C21H21F3N2O. The van der Waals surface area contributed by atoms with Gasteiger partial charge >= 0.3 is 6.18 Å². The highest BCUT2D eigenvalue weighted by Crippen LogP contribution is 2.35. The quantitative estimate of drug-likeness (QED) is 0.738. The van der Waals surface area contributed by atoms with Crippen LogP contribution in [0, 0.1) is 0 Å². The molecule has 6 heteroatoms. The molecule has 0 unspecified atom stereocenters. The SMILES string of the molecule is C=CC(=O)N1CCc2c(cc(-c3ccc(C(F)(F)F)cc3)cc2N(C)C)C1. The molecule has 2 aromatic rings. The second-order valence-electron chi connectivity index (χ2n) is 6.82. The van der Waals surface area contributed by atoms with Crippen molar-refractivity contribution in [3.05, 3.63) is 65.7 Å². The number of hydrogen-bond donors (Lipinski definition) is 0. The normalized spacial score (nSPS) is 13.9. The second kappa shape index (κ2) is 7.10. The molecule has 1 aliphatic rings. The maximum Gasteiger partial charge on any atom is 0.416 e. The smallest absolute Gasteiger partial charge is 0.377 e. The monoisotopic (exact) mass is 374 g/mol. The number of carbonyl (C=O) groups excluding carboxylic acids is 1. The number of amides is 1. The molecule has 1 amide bonds. The molecule has 3 nitrogen and oxygen atoms in total. The molecule has 0 fully saturated rings. The van der Waals surface area contributed by atoms with E-state index < -0.39 is 11.7 Å². The molecule has 1 aliphatic heterocycles. The number of rotatable bonds is 3. The van der Waals surface area contributed by atoms with Crippen molar-refractivity contribution < 1.29 is 18.0 Å². The third-order valence-corrected chi connectivity index (χ3v) is 4.83. The average Bonchev–Trinajstić information content (AvgIpc) is 2.65. The van der Waals surface area contributed by atoms with E-state index in [1.54, 1.807) is 4.90 Å². The van der Waals surface area contributed by atoms with E-state index in [9.17, 15) is 18.0 Å². The predicted molar refractivity (Wildman–Crippen MR) is 101 cm³/mol. The van der Waals surface area contributed by atoms with E-state index in [2.05, 4.69) is 6.58 Å². The Morgan fingerprint density at radius 3 is 2.37 bits per heavy atom. The maximum absolute atomic E-state index is 12.8. The van der Waals surface area contributed by atoms with Crippen LogP contribution in [0.4, 0.5) is 18.9 Å². The summed E-state index contributed by atoms with van der Waals surface area (Å²) >= 11 is 0. The van der Waals surface area contributed by atoms with Gasteiger partial charge in [0.05, 0.1) is 5.56 Å². The van der Waals surface area contributed by atoms with Crippen LogP contribution < -0.4 is 4.90 Å². The minimum absolute atomic E-state index is 0.119. The first-order chi connectivity index (χ1) is 12.7. The maximum atomic E-state index is 12.8. The summed E-state index contributed by atoms with van der Waals surface area (Å²) in [7, 11) is 3.88. The third-order valence-electron chi connectivity index (χ3n) is 4.83. The molecule has 0 aromatic heterocycles. The summed E-state index contributed by atoms with van der Waals surface area (Å²) in [5, 5.41) is 0. The number of alkyl halides is 3. The number of carbonyl (C=O) groups is 1. The fourth-order valence-corrected chi connectivity index (χ4v) is 3.41. The summed E-state index contributed by atoms with van der Waals surface area (Å²) < 4.78 is 38.5. The van der Waals surface area contributed by atoms with Gasteiger partial charge in [0, 0.05) is 32.9 Å². The molecule has 27 heavy (non-hydrogen) atoms. The molecule has 0 aliphatic carbocycles. The zero-order valence-corrected chi connectivity index (χ0v) is 15.3. The number of benzene rings is 2. The standard InChI is InChI=1S/C21H21F3N2O/c1-4-20(27)26-10-9-18-16(13-26)11-15(12-19(18)25(2)3)14-5-7-17(8-6-14)21(22,23)24/h4-8,11-12H,1,9-10,13H2,2-3H3. The fourth-order valence-electron chi connectivity index (χ4n) is 3.41. The lowest BCUT2D eigenvalue weighted by molar-refractivity contribution is -0.137. The topological polar surface area (TPSA) is 23.6 Å². The van der Waals surface area contributed by atoms with E-state index >= 15 is 0 Å². The Bertz CT molecular complexity index is 870. The minimum atomic E-state index is -4.35. The van der Waals surface area contributed by atoms with Gasteiger partial charge in [-0.25, -0.2) is 0 Å². The lowest BCUT2D eigenvalue weighted by atomic mass is 9.92. The summed E-state index contributed by atoms with van der Waals surface area (Å²) in [5.41, 5.74) is 4.08. The fraction of sp³-hybridized carbons (Fsp3) is 0.286. The van der Waals surface area contributed by atoms with Crippen LogP contribution in [-0.4, -0.2) is 31.4 Å². The summed E-state index contributed by atoms with van der Waals surface area (Å²) in [6, 6.07) is 9.12.